The van der Waals surface area contributed by atoms with Gasteiger partial charge in [-0.15, -0.1) is 0 Å². The Hall–Kier alpha value is -1.18. The van der Waals surface area contributed by atoms with Crippen LogP contribution in [0.15, 0.2) is 0 Å². The summed E-state index contributed by atoms with van der Waals surface area (Å²) in [5.41, 5.74) is 0. The van der Waals surface area contributed by atoms with Crippen molar-refractivity contribution in [2.75, 3.05) is 28.4 Å². The van der Waals surface area contributed by atoms with E-state index in [1.807, 2.05) is 12.1 Å². The summed E-state index contributed by atoms with van der Waals surface area (Å²) < 4.78 is 20.8. The molecule has 0 spiro atoms. The van der Waals surface area contributed by atoms with Gasteiger partial charge >= 0.3 is 0 Å². The first kappa shape index (κ1) is 12.9. The van der Waals surface area contributed by atoms with E-state index < -0.39 is 23.4 Å². The van der Waals surface area contributed by atoms with Gasteiger partial charge < -0.3 is 18.9 Å². The van der Waals surface area contributed by atoms with E-state index in [-0.39, 0.29) is 0 Å². The first-order chi connectivity index (χ1) is 7.63. The molecule has 0 aromatic heterocycles. The van der Waals surface area contributed by atoms with Crippen molar-refractivity contribution in [2.24, 2.45) is 11.8 Å². The number of nitrogens with zero attached hydrogens (tertiary/aromatic N) is 2. The normalized spacial score (nSPS) is 29.9. The average Bonchev–Trinajstić information content (AvgIpc) is 2.31. The fourth-order valence-corrected chi connectivity index (χ4v) is 2.34. The Morgan fingerprint density at radius 1 is 0.750 bits per heavy atom. The van der Waals surface area contributed by atoms with Crippen molar-refractivity contribution in [2.45, 2.75) is 11.6 Å². The maximum Gasteiger partial charge on any atom is 0.242 e. The molecule has 88 valence electrons. The van der Waals surface area contributed by atoms with Gasteiger partial charge in [-0.1, -0.05) is 0 Å². The molecule has 0 aliphatic heterocycles. The lowest BCUT2D eigenvalue weighted by atomic mass is 9.63. The number of hydrogen-bond acceptors (Lipinski definition) is 6. The summed E-state index contributed by atoms with van der Waals surface area (Å²) >= 11 is 0. The summed E-state index contributed by atoms with van der Waals surface area (Å²) in [5, 5.41) is 18.1. The molecule has 1 saturated carbocycles. The van der Waals surface area contributed by atoms with E-state index in [4.69, 9.17) is 29.5 Å². The van der Waals surface area contributed by atoms with Crippen LogP contribution in [-0.4, -0.2) is 40.0 Å². The van der Waals surface area contributed by atoms with Gasteiger partial charge in [-0.25, -0.2) is 0 Å². The minimum atomic E-state index is -1.37. The summed E-state index contributed by atoms with van der Waals surface area (Å²) in [4.78, 5) is 0. The first-order valence-corrected chi connectivity index (χ1v) is 4.63. The Kier molecular flexibility index (Phi) is 3.51. The fourth-order valence-electron chi connectivity index (χ4n) is 2.34. The molecule has 1 aliphatic carbocycles. The number of rotatable bonds is 4. The molecule has 2 atom stereocenters. The molecule has 0 radical (unpaired) electrons. The van der Waals surface area contributed by atoms with Crippen molar-refractivity contribution in [1.29, 1.82) is 10.5 Å². The van der Waals surface area contributed by atoms with Gasteiger partial charge in [0.15, 0.2) is 0 Å². The first-order valence-electron chi connectivity index (χ1n) is 4.63. The van der Waals surface area contributed by atoms with E-state index in [2.05, 4.69) is 0 Å². The van der Waals surface area contributed by atoms with E-state index >= 15 is 0 Å². The van der Waals surface area contributed by atoms with Crippen molar-refractivity contribution in [3.63, 3.8) is 0 Å². The van der Waals surface area contributed by atoms with Crippen molar-refractivity contribution < 1.29 is 18.9 Å². The Morgan fingerprint density at radius 2 is 1.00 bits per heavy atom. The molecule has 0 bridgehead atoms. The quantitative estimate of drug-likeness (QED) is 0.639. The van der Waals surface area contributed by atoms with Gasteiger partial charge in [0, 0.05) is 28.4 Å². The molecular weight excluding hydrogens is 212 g/mol. The smallest absolute Gasteiger partial charge is 0.242 e. The third-order valence-electron chi connectivity index (χ3n) is 3.13. The number of ether oxygens (including phenoxy) is 4. The van der Waals surface area contributed by atoms with Crippen molar-refractivity contribution in [1.82, 2.24) is 0 Å². The Labute approximate surface area is 94.3 Å². The van der Waals surface area contributed by atoms with Gasteiger partial charge in [0.05, 0.1) is 12.1 Å². The minimum absolute atomic E-state index is 0.757. The fraction of sp³-hybridized carbons (Fsp3) is 0.800. The van der Waals surface area contributed by atoms with Crippen LogP contribution in [0.2, 0.25) is 0 Å². The molecule has 0 N–H and O–H groups in total. The molecule has 0 heterocycles. The van der Waals surface area contributed by atoms with Crippen LogP contribution >= 0.6 is 0 Å². The lowest BCUT2D eigenvalue weighted by Gasteiger charge is -2.59. The van der Waals surface area contributed by atoms with Crippen molar-refractivity contribution in [3.8, 4) is 12.1 Å². The van der Waals surface area contributed by atoms with Crippen LogP contribution in [0.4, 0.5) is 0 Å². The van der Waals surface area contributed by atoms with Crippen LogP contribution in [0.3, 0.4) is 0 Å². The van der Waals surface area contributed by atoms with Gasteiger partial charge in [-0.2, -0.15) is 10.5 Å². The second kappa shape index (κ2) is 4.36. The summed E-state index contributed by atoms with van der Waals surface area (Å²) in [5.74, 6) is -4.25. The molecule has 1 rings (SSSR count). The van der Waals surface area contributed by atoms with Crippen LogP contribution in [0.25, 0.3) is 0 Å². The molecule has 0 aromatic carbocycles. The molecule has 1 aliphatic rings. The van der Waals surface area contributed by atoms with E-state index in [0.29, 0.717) is 0 Å². The second-order valence-electron chi connectivity index (χ2n) is 3.37. The van der Waals surface area contributed by atoms with Crippen LogP contribution < -0.4 is 0 Å². The van der Waals surface area contributed by atoms with Crippen LogP contribution in [0.1, 0.15) is 0 Å². The van der Waals surface area contributed by atoms with E-state index in [1.54, 1.807) is 0 Å². The van der Waals surface area contributed by atoms with Gasteiger partial charge in [-0.05, 0) is 0 Å². The topological polar surface area (TPSA) is 84.5 Å². The standard InChI is InChI=1S/C10H14N2O4/c1-13-9(14-2)7(5-11)8(6-12)10(9,15-3)16-4/h7-8H,1-4H3/t7-,8+. The molecule has 6 nitrogen and oxygen atoms in total. The highest BCUT2D eigenvalue weighted by Gasteiger charge is 2.77. The molecule has 16 heavy (non-hydrogen) atoms. The summed E-state index contributed by atoms with van der Waals surface area (Å²) in [7, 11) is 5.53. The van der Waals surface area contributed by atoms with Crippen molar-refractivity contribution >= 4 is 0 Å². The van der Waals surface area contributed by atoms with Crippen molar-refractivity contribution in [3.05, 3.63) is 0 Å². The second-order valence-corrected chi connectivity index (χ2v) is 3.37. The number of methoxy groups -OCH3 is 4. The monoisotopic (exact) mass is 226 g/mol. The molecule has 1 fully saturated rings. The molecule has 0 aromatic rings. The number of hydrogen-bond donors (Lipinski definition) is 0. The molecule has 0 saturated heterocycles. The predicted molar refractivity (Wildman–Crippen MR) is 51.7 cm³/mol. The van der Waals surface area contributed by atoms with Crippen LogP contribution in [-0.2, 0) is 18.9 Å². The van der Waals surface area contributed by atoms with Gasteiger partial charge in [-0.3, -0.25) is 0 Å². The zero-order valence-corrected chi connectivity index (χ0v) is 9.68. The van der Waals surface area contributed by atoms with Crippen LogP contribution in [0.5, 0.6) is 0 Å². The molecule has 0 unspecified atom stereocenters. The maximum atomic E-state index is 9.04. The lowest BCUT2D eigenvalue weighted by molar-refractivity contribution is -0.471. The van der Waals surface area contributed by atoms with E-state index in [9.17, 15) is 0 Å². The zero-order valence-electron chi connectivity index (χ0n) is 9.68. The largest absolute Gasteiger partial charge is 0.348 e. The third-order valence-corrected chi connectivity index (χ3v) is 3.13. The third kappa shape index (κ3) is 1.13. The zero-order chi connectivity index (χ0) is 12.4. The van der Waals surface area contributed by atoms with E-state index in [1.165, 1.54) is 28.4 Å². The Balaban J connectivity index is 3.24. The highest BCUT2D eigenvalue weighted by atomic mass is 16.8. The van der Waals surface area contributed by atoms with E-state index in [0.717, 1.165) is 0 Å². The minimum Gasteiger partial charge on any atom is -0.348 e. The summed E-state index contributed by atoms with van der Waals surface area (Å²) in [6, 6.07) is 3.97. The molecular formula is C10H14N2O4. The SMILES string of the molecule is COC1(OC)[C@H](C#N)[C@H](C#N)C1(OC)OC. The lowest BCUT2D eigenvalue weighted by Crippen LogP contribution is -2.78. The summed E-state index contributed by atoms with van der Waals surface area (Å²) in [6.07, 6.45) is 0. The number of nitriles is 2. The molecule has 6 heteroatoms. The Bertz CT molecular complexity index is 302. The summed E-state index contributed by atoms with van der Waals surface area (Å²) in [6.45, 7) is 0. The highest BCUT2D eigenvalue weighted by molar-refractivity contribution is 5.25. The van der Waals surface area contributed by atoms with Gasteiger partial charge in [0.2, 0.25) is 11.6 Å². The predicted octanol–water partition coefficient (Wildman–Crippen LogP) is 0.258. The molecule has 0 amide bonds. The van der Waals surface area contributed by atoms with Gasteiger partial charge in [0.1, 0.15) is 11.8 Å². The highest BCUT2D eigenvalue weighted by Crippen LogP contribution is 2.56. The van der Waals surface area contributed by atoms with Gasteiger partial charge in [0.25, 0.3) is 0 Å². The average molecular weight is 226 g/mol. The Morgan fingerprint density at radius 3 is 1.12 bits per heavy atom. The van der Waals surface area contributed by atoms with Crippen LogP contribution in [0, 0.1) is 34.5 Å². The maximum absolute atomic E-state index is 9.04.